The van der Waals surface area contributed by atoms with Gasteiger partial charge in [0.25, 0.3) is 0 Å². The van der Waals surface area contributed by atoms with Gasteiger partial charge in [0.2, 0.25) is 11.8 Å². The maximum absolute atomic E-state index is 11.8. The largest absolute Gasteiger partial charge is 0.378 e. The third kappa shape index (κ3) is 9.72. The lowest BCUT2D eigenvalue weighted by Crippen LogP contribution is -2.30. The molecule has 43 heavy (non-hydrogen) atoms. The van der Waals surface area contributed by atoms with Crippen LogP contribution < -0.4 is 20.4 Å². The first-order valence-electron chi connectivity index (χ1n) is 14.7. The fourth-order valence-corrected chi connectivity index (χ4v) is 4.92. The van der Waals surface area contributed by atoms with Crippen molar-refractivity contribution in [3.05, 3.63) is 119 Å². The summed E-state index contributed by atoms with van der Waals surface area (Å²) in [5.41, 5.74) is 8.13. The lowest BCUT2D eigenvalue weighted by Gasteiger charge is -2.28. The van der Waals surface area contributed by atoms with Crippen LogP contribution >= 0.6 is 0 Å². The van der Waals surface area contributed by atoms with Crippen molar-refractivity contribution in [1.29, 1.82) is 0 Å². The Labute approximate surface area is 255 Å². The van der Waals surface area contributed by atoms with Crippen molar-refractivity contribution >= 4 is 34.6 Å². The molecule has 0 radical (unpaired) electrons. The number of carbonyl (C=O) groups excluding carboxylic acids is 2. The van der Waals surface area contributed by atoms with Crippen LogP contribution in [0.3, 0.4) is 0 Å². The Morgan fingerprint density at radius 3 is 1.37 bits per heavy atom. The van der Waals surface area contributed by atoms with Crippen molar-refractivity contribution in [2.75, 3.05) is 46.7 Å². The van der Waals surface area contributed by atoms with Gasteiger partial charge in [-0.2, -0.15) is 0 Å². The molecule has 0 aliphatic rings. The summed E-state index contributed by atoms with van der Waals surface area (Å²) in [5.74, 6) is -0.174. The van der Waals surface area contributed by atoms with E-state index in [2.05, 4.69) is 56.8 Å². The molecule has 0 bridgehead atoms. The van der Waals surface area contributed by atoms with E-state index < -0.39 is 0 Å². The first-order chi connectivity index (χ1) is 20.8. The molecule has 0 atom stereocenters. The van der Waals surface area contributed by atoms with Gasteiger partial charge in [0.15, 0.2) is 0 Å². The van der Waals surface area contributed by atoms with E-state index in [-0.39, 0.29) is 11.8 Å². The molecule has 224 valence electrons. The van der Waals surface area contributed by atoms with Crippen LogP contribution in [0.15, 0.2) is 97.1 Å². The van der Waals surface area contributed by atoms with Gasteiger partial charge in [0.05, 0.1) is 13.2 Å². The normalized spacial score (nSPS) is 10.7. The Hall–Kier alpha value is -4.62. The standard InChI is InChI=1S/C36H42N4O3/c1-27-15-17-33(23-35(27)37-29(3)41)39(25-31-11-7-5-8-12-31)19-21-43-22-20-40(26-32-13-9-6-10-14-32)34-18-16-28(2)36(24-34)38-30(4)42/h5-18,23-24H,19-22,25-26H2,1-4H3,(H,37,41)(H,38,42). The first kappa shape index (κ1) is 31.3. The monoisotopic (exact) mass is 578 g/mol. The van der Waals surface area contributed by atoms with Gasteiger partial charge in [-0.25, -0.2) is 0 Å². The number of nitrogens with zero attached hydrogens (tertiary/aromatic N) is 2. The molecule has 0 aromatic heterocycles. The average Bonchev–Trinajstić information content (AvgIpc) is 2.99. The third-order valence-corrected chi connectivity index (χ3v) is 7.24. The SMILES string of the molecule is CC(=O)Nc1cc(N(CCOCCN(Cc2ccccc2)c2ccc(C)c(NC(C)=O)c2)Cc2ccccc2)ccc1C. The highest BCUT2D eigenvalue weighted by Crippen LogP contribution is 2.26. The minimum Gasteiger partial charge on any atom is -0.378 e. The molecule has 0 fully saturated rings. The Balaban J connectivity index is 1.44. The summed E-state index contributed by atoms with van der Waals surface area (Å²) in [7, 11) is 0. The third-order valence-electron chi connectivity index (χ3n) is 7.24. The summed E-state index contributed by atoms with van der Waals surface area (Å²) in [6.45, 7) is 11.0. The van der Waals surface area contributed by atoms with Gasteiger partial charge in [-0.1, -0.05) is 72.8 Å². The van der Waals surface area contributed by atoms with Gasteiger partial charge in [0.1, 0.15) is 0 Å². The van der Waals surface area contributed by atoms with Crippen molar-refractivity contribution in [1.82, 2.24) is 0 Å². The Kier molecular flexibility index (Phi) is 11.3. The van der Waals surface area contributed by atoms with Crippen LogP contribution in [-0.4, -0.2) is 38.1 Å². The van der Waals surface area contributed by atoms with Crippen LogP contribution in [0, 0.1) is 13.8 Å². The van der Waals surface area contributed by atoms with E-state index in [4.69, 9.17) is 4.74 Å². The van der Waals surface area contributed by atoms with E-state index in [9.17, 15) is 9.59 Å². The number of hydrogen-bond acceptors (Lipinski definition) is 5. The molecular weight excluding hydrogens is 536 g/mol. The quantitative estimate of drug-likeness (QED) is 0.158. The minimum absolute atomic E-state index is 0.0870. The minimum atomic E-state index is -0.0870. The van der Waals surface area contributed by atoms with Crippen LogP contribution in [0.25, 0.3) is 0 Å². The van der Waals surface area contributed by atoms with Crippen LogP contribution in [0.5, 0.6) is 0 Å². The fourth-order valence-electron chi connectivity index (χ4n) is 4.92. The zero-order chi connectivity index (χ0) is 30.6. The molecule has 7 heteroatoms. The molecule has 0 unspecified atom stereocenters. The van der Waals surface area contributed by atoms with Gasteiger partial charge in [-0.15, -0.1) is 0 Å². The molecule has 0 saturated carbocycles. The summed E-state index contributed by atoms with van der Waals surface area (Å²) in [6.07, 6.45) is 0. The molecule has 0 heterocycles. The van der Waals surface area contributed by atoms with Crippen LogP contribution in [0.2, 0.25) is 0 Å². The second kappa shape index (κ2) is 15.6. The summed E-state index contributed by atoms with van der Waals surface area (Å²) in [6, 6.07) is 33.0. The number of rotatable bonds is 14. The van der Waals surface area contributed by atoms with E-state index in [0.717, 1.165) is 47.0 Å². The van der Waals surface area contributed by atoms with Crippen molar-refractivity contribution in [3.63, 3.8) is 0 Å². The van der Waals surface area contributed by atoms with Crippen molar-refractivity contribution in [2.24, 2.45) is 0 Å². The summed E-state index contributed by atoms with van der Waals surface area (Å²) in [5, 5.41) is 5.90. The molecule has 7 nitrogen and oxygen atoms in total. The lowest BCUT2D eigenvalue weighted by atomic mass is 10.1. The van der Waals surface area contributed by atoms with Crippen LogP contribution in [-0.2, 0) is 27.4 Å². The molecule has 4 aromatic rings. The fraction of sp³-hybridized carbons (Fsp3) is 0.278. The molecule has 4 rings (SSSR count). The highest BCUT2D eigenvalue weighted by Gasteiger charge is 2.13. The summed E-state index contributed by atoms with van der Waals surface area (Å²) in [4.78, 5) is 28.1. The molecule has 0 saturated heterocycles. The van der Waals surface area contributed by atoms with Crippen LogP contribution in [0.4, 0.5) is 22.7 Å². The molecule has 2 N–H and O–H groups in total. The average molecular weight is 579 g/mol. The van der Waals surface area contributed by atoms with Gasteiger partial charge in [-0.05, 0) is 60.4 Å². The second-order valence-electron chi connectivity index (χ2n) is 10.8. The highest BCUT2D eigenvalue weighted by molar-refractivity contribution is 5.91. The van der Waals surface area contributed by atoms with E-state index >= 15 is 0 Å². The zero-order valence-corrected chi connectivity index (χ0v) is 25.6. The maximum Gasteiger partial charge on any atom is 0.221 e. The maximum atomic E-state index is 11.8. The number of ether oxygens (including phenoxy) is 1. The Bertz CT molecular complexity index is 1380. The first-order valence-corrected chi connectivity index (χ1v) is 14.7. The Morgan fingerprint density at radius 1 is 0.605 bits per heavy atom. The zero-order valence-electron chi connectivity index (χ0n) is 25.6. The predicted octanol–water partition coefficient (Wildman–Crippen LogP) is 6.95. The summed E-state index contributed by atoms with van der Waals surface area (Å²) < 4.78 is 6.23. The molecule has 0 aliphatic heterocycles. The van der Waals surface area contributed by atoms with Gasteiger partial charge in [0, 0.05) is 62.8 Å². The number of carbonyl (C=O) groups is 2. The predicted molar refractivity (Wildman–Crippen MR) is 177 cm³/mol. The number of benzene rings is 4. The Morgan fingerprint density at radius 2 is 1.00 bits per heavy atom. The van der Waals surface area contributed by atoms with Gasteiger partial charge < -0.3 is 25.2 Å². The number of amides is 2. The van der Waals surface area contributed by atoms with Gasteiger partial charge >= 0.3 is 0 Å². The molecule has 2 amide bonds. The molecule has 0 spiro atoms. The smallest absolute Gasteiger partial charge is 0.221 e. The topological polar surface area (TPSA) is 73.9 Å². The van der Waals surface area contributed by atoms with E-state index in [0.29, 0.717) is 26.3 Å². The summed E-state index contributed by atoms with van der Waals surface area (Å²) >= 11 is 0. The van der Waals surface area contributed by atoms with E-state index in [1.807, 2.05) is 74.5 Å². The number of hydrogen-bond donors (Lipinski definition) is 2. The molecule has 4 aromatic carbocycles. The van der Waals surface area contributed by atoms with Gasteiger partial charge in [-0.3, -0.25) is 9.59 Å². The van der Waals surface area contributed by atoms with Crippen molar-refractivity contribution in [2.45, 2.75) is 40.8 Å². The highest BCUT2D eigenvalue weighted by atomic mass is 16.5. The number of anilines is 4. The van der Waals surface area contributed by atoms with Crippen molar-refractivity contribution in [3.8, 4) is 0 Å². The molecular formula is C36H42N4O3. The van der Waals surface area contributed by atoms with E-state index in [1.165, 1.54) is 25.0 Å². The lowest BCUT2D eigenvalue weighted by molar-refractivity contribution is -0.115. The number of aryl methyl sites for hydroxylation is 2. The second-order valence-corrected chi connectivity index (χ2v) is 10.8. The van der Waals surface area contributed by atoms with Crippen molar-refractivity contribution < 1.29 is 14.3 Å². The number of nitrogens with one attached hydrogen (secondary N) is 2. The van der Waals surface area contributed by atoms with E-state index in [1.54, 1.807) is 0 Å². The van der Waals surface area contributed by atoms with Crippen LogP contribution in [0.1, 0.15) is 36.1 Å². The molecule has 0 aliphatic carbocycles.